The molecule has 2 heterocycles. The number of nitrogens with zero attached hydrogens (tertiary/aromatic N) is 1. The van der Waals surface area contributed by atoms with Crippen molar-refractivity contribution in [2.45, 2.75) is 52.0 Å². The second-order valence-electron chi connectivity index (χ2n) is 5.49. The average Bonchev–Trinajstić information content (AvgIpc) is 2.62. The number of carbonyl (C=O) groups excluding carboxylic acids is 1. The Morgan fingerprint density at radius 1 is 1.44 bits per heavy atom. The first-order chi connectivity index (χ1) is 8.72. The maximum atomic E-state index is 10.7. The third-order valence-electron chi connectivity index (χ3n) is 4.23. The van der Waals surface area contributed by atoms with Crippen molar-refractivity contribution in [2.75, 3.05) is 19.8 Å². The van der Waals surface area contributed by atoms with Gasteiger partial charge >= 0.3 is 5.97 Å². The highest BCUT2D eigenvalue weighted by molar-refractivity contribution is 5.65. The lowest BCUT2D eigenvalue weighted by molar-refractivity contribution is -0.143. The highest BCUT2D eigenvalue weighted by atomic mass is 16.7. The number of hydrogen-bond acceptors (Lipinski definition) is 4. The normalized spacial score (nSPS) is 34.6. The van der Waals surface area contributed by atoms with Crippen LogP contribution >= 0.6 is 0 Å². The number of hydroxylamine groups is 2. The van der Waals surface area contributed by atoms with Crippen molar-refractivity contribution in [1.29, 1.82) is 0 Å². The van der Waals surface area contributed by atoms with Gasteiger partial charge in [-0.2, -0.15) is 5.06 Å². The molecular weight excluding hydrogens is 230 g/mol. The van der Waals surface area contributed by atoms with E-state index in [0.717, 1.165) is 31.9 Å². The molecule has 2 aliphatic rings. The summed E-state index contributed by atoms with van der Waals surface area (Å²) in [6.07, 6.45) is 5.89. The van der Waals surface area contributed by atoms with E-state index in [1.54, 1.807) is 0 Å². The van der Waals surface area contributed by atoms with Crippen molar-refractivity contribution in [3.8, 4) is 0 Å². The topological polar surface area (TPSA) is 38.8 Å². The van der Waals surface area contributed by atoms with Gasteiger partial charge in [0, 0.05) is 25.4 Å². The summed E-state index contributed by atoms with van der Waals surface area (Å²) >= 11 is 0. The Morgan fingerprint density at radius 2 is 2.28 bits per heavy atom. The number of rotatable bonds is 6. The predicted octanol–water partition coefficient (Wildman–Crippen LogP) is 2.38. The summed E-state index contributed by atoms with van der Waals surface area (Å²) in [7, 11) is 0. The quantitative estimate of drug-likeness (QED) is 0.539. The molecule has 0 aliphatic carbocycles. The molecule has 4 heteroatoms. The minimum absolute atomic E-state index is 0.179. The first-order valence-corrected chi connectivity index (χ1v) is 7.25. The number of fused-ring (bicyclic) bond motifs is 2. The first kappa shape index (κ1) is 13.8. The van der Waals surface area contributed by atoms with Crippen LogP contribution in [-0.4, -0.2) is 36.8 Å². The van der Waals surface area contributed by atoms with E-state index < -0.39 is 0 Å². The Bertz CT molecular complexity index is 282. The smallest absolute Gasteiger partial charge is 0.302 e. The Hall–Kier alpha value is -0.610. The zero-order valence-electron chi connectivity index (χ0n) is 11.6. The molecule has 2 saturated heterocycles. The fourth-order valence-electron chi connectivity index (χ4n) is 3.39. The van der Waals surface area contributed by atoms with E-state index in [0.29, 0.717) is 18.6 Å². The standard InChI is InChI=1S/C14H25NO3/c1-3-5-12-7-8-15-14(13(12)10-18-15)6-4-9-17-11(2)16/h12-14H,3-10H2,1-2H3/t12-,13-,14-/m1/s1. The molecular formula is C14H25NO3. The minimum Gasteiger partial charge on any atom is -0.466 e. The number of piperidine rings is 1. The van der Waals surface area contributed by atoms with Gasteiger partial charge in [0.05, 0.1) is 13.2 Å². The van der Waals surface area contributed by atoms with Crippen LogP contribution < -0.4 is 0 Å². The van der Waals surface area contributed by atoms with E-state index in [2.05, 4.69) is 12.0 Å². The maximum absolute atomic E-state index is 10.7. The summed E-state index contributed by atoms with van der Waals surface area (Å²) in [5, 5.41) is 2.17. The Labute approximate surface area is 110 Å². The van der Waals surface area contributed by atoms with Crippen LogP contribution in [0.5, 0.6) is 0 Å². The summed E-state index contributed by atoms with van der Waals surface area (Å²) in [6, 6.07) is 0.547. The van der Waals surface area contributed by atoms with Crippen LogP contribution in [0.15, 0.2) is 0 Å². The Morgan fingerprint density at radius 3 is 3.00 bits per heavy atom. The molecule has 0 N–H and O–H groups in total. The zero-order valence-corrected chi connectivity index (χ0v) is 11.6. The van der Waals surface area contributed by atoms with Crippen molar-refractivity contribution in [2.24, 2.45) is 11.8 Å². The highest BCUT2D eigenvalue weighted by Crippen LogP contribution is 2.39. The lowest BCUT2D eigenvalue weighted by Gasteiger charge is -2.36. The molecule has 0 saturated carbocycles. The minimum atomic E-state index is -0.179. The van der Waals surface area contributed by atoms with E-state index in [1.807, 2.05) is 0 Å². The summed E-state index contributed by atoms with van der Waals surface area (Å²) in [4.78, 5) is 16.5. The summed E-state index contributed by atoms with van der Waals surface area (Å²) in [6.45, 7) is 6.24. The molecule has 2 aliphatic heterocycles. The average molecular weight is 255 g/mol. The molecule has 4 nitrogen and oxygen atoms in total. The fraction of sp³-hybridized carbons (Fsp3) is 0.929. The molecule has 18 heavy (non-hydrogen) atoms. The SMILES string of the molecule is CCC[C@@H]1CCN2OC[C@H]1[C@H]2CCCOC(C)=O. The van der Waals surface area contributed by atoms with Gasteiger partial charge in [-0.1, -0.05) is 19.8 Å². The van der Waals surface area contributed by atoms with Crippen LogP contribution in [0.25, 0.3) is 0 Å². The largest absolute Gasteiger partial charge is 0.466 e. The van der Waals surface area contributed by atoms with Crippen LogP contribution in [0.2, 0.25) is 0 Å². The van der Waals surface area contributed by atoms with Crippen molar-refractivity contribution in [1.82, 2.24) is 5.06 Å². The van der Waals surface area contributed by atoms with Gasteiger partial charge in [-0.05, 0) is 25.2 Å². The second kappa shape index (κ2) is 6.53. The molecule has 0 aromatic heterocycles. The van der Waals surface area contributed by atoms with Crippen LogP contribution in [0.1, 0.15) is 46.0 Å². The van der Waals surface area contributed by atoms with Crippen LogP contribution in [-0.2, 0) is 14.4 Å². The zero-order chi connectivity index (χ0) is 13.0. The Balaban J connectivity index is 1.78. The van der Waals surface area contributed by atoms with Gasteiger partial charge < -0.3 is 4.74 Å². The molecule has 2 fully saturated rings. The molecule has 0 aromatic carbocycles. The predicted molar refractivity (Wildman–Crippen MR) is 68.8 cm³/mol. The first-order valence-electron chi connectivity index (χ1n) is 7.25. The van der Waals surface area contributed by atoms with Gasteiger partial charge in [0.25, 0.3) is 0 Å². The number of carbonyl (C=O) groups is 1. The lowest BCUT2D eigenvalue weighted by atomic mass is 9.78. The van der Waals surface area contributed by atoms with Gasteiger partial charge in [0.15, 0.2) is 0 Å². The van der Waals surface area contributed by atoms with Crippen molar-refractivity contribution < 1.29 is 14.4 Å². The fourth-order valence-corrected chi connectivity index (χ4v) is 3.39. The number of hydrogen-bond donors (Lipinski definition) is 0. The molecule has 2 bridgehead atoms. The van der Waals surface area contributed by atoms with Gasteiger partial charge in [0.1, 0.15) is 0 Å². The van der Waals surface area contributed by atoms with E-state index in [9.17, 15) is 4.79 Å². The van der Waals surface area contributed by atoms with E-state index in [1.165, 1.54) is 26.2 Å². The maximum Gasteiger partial charge on any atom is 0.302 e. The van der Waals surface area contributed by atoms with Gasteiger partial charge in [-0.15, -0.1) is 0 Å². The monoisotopic (exact) mass is 255 g/mol. The van der Waals surface area contributed by atoms with E-state index >= 15 is 0 Å². The summed E-state index contributed by atoms with van der Waals surface area (Å²) in [5.74, 6) is 1.34. The molecule has 0 radical (unpaired) electrons. The van der Waals surface area contributed by atoms with E-state index in [4.69, 9.17) is 9.57 Å². The number of esters is 1. The van der Waals surface area contributed by atoms with Crippen LogP contribution in [0.4, 0.5) is 0 Å². The lowest BCUT2D eigenvalue weighted by Crippen LogP contribution is -2.41. The summed E-state index contributed by atoms with van der Waals surface area (Å²) in [5.41, 5.74) is 0. The molecule has 0 aromatic rings. The van der Waals surface area contributed by atoms with Crippen molar-refractivity contribution >= 4 is 5.97 Å². The third-order valence-corrected chi connectivity index (χ3v) is 4.23. The second-order valence-corrected chi connectivity index (χ2v) is 5.49. The van der Waals surface area contributed by atoms with Gasteiger partial charge in [-0.25, -0.2) is 0 Å². The highest BCUT2D eigenvalue weighted by Gasteiger charge is 2.43. The molecule has 4 atom stereocenters. The molecule has 104 valence electrons. The van der Waals surface area contributed by atoms with Crippen molar-refractivity contribution in [3.05, 3.63) is 0 Å². The van der Waals surface area contributed by atoms with Gasteiger partial charge in [0.2, 0.25) is 0 Å². The third kappa shape index (κ3) is 3.23. The number of ether oxygens (including phenoxy) is 1. The molecule has 0 spiro atoms. The van der Waals surface area contributed by atoms with E-state index in [-0.39, 0.29) is 5.97 Å². The Kier molecular flexibility index (Phi) is 5.01. The molecule has 0 amide bonds. The van der Waals surface area contributed by atoms with Crippen molar-refractivity contribution in [3.63, 3.8) is 0 Å². The van der Waals surface area contributed by atoms with Crippen LogP contribution in [0, 0.1) is 11.8 Å². The molecule has 2 rings (SSSR count). The summed E-state index contributed by atoms with van der Waals surface area (Å²) < 4.78 is 5.00. The molecule has 1 unspecified atom stereocenters. The van der Waals surface area contributed by atoms with Gasteiger partial charge in [-0.3, -0.25) is 9.63 Å². The van der Waals surface area contributed by atoms with Crippen LogP contribution in [0.3, 0.4) is 0 Å².